The van der Waals surface area contributed by atoms with Gasteiger partial charge in [0.2, 0.25) is 0 Å². The minimum atomic E-state index is 0.914. The number of nitrogens with zero attached hydrogens (tertiary/aromatic N) is 6. The fraction of sp³-hybridized carbons (Fsp3) is 0. The summed E-state index contributed by atoms with van der Waals surface area (Å²) >= 11 is 0. The summed E-state index contributed by atoms with van der Waals surface area (Å²) in [5.41, 5.74) is 33.5. The molecule has 0 spiro atoms. The van der Waals surface area contributed by atoms with Crippen molar-refractivity contribution >= 4 is 219 Å². The summed E-state index contributed by atoms with van der Waals surface area (Å²) < 4.78 is 42.6. The first kappa shape index (κ1) is 84.8. The molecule has 11 heterocycles. The molecular formula is C137H86N6O5. The first-order chi connectivity index (χ1) is 73.4. The van der Waals surface area contributed by atoms with Crippen LogP contribution < -0.4 is 0 Å². The van der Waals surface area contributed by atoms with Crippen molar-refractivity contribution in [3.8, 4) is 62.1 Å². The second-order valence-electron chi connectivity index (χ2n) is 37.7. The minimum Gasteiger partial charge on any atom is -0.456 e. The lowest BCUT2D eigenvalue weighted by Crippen LogP contribution is -1.94. The molecule has 22 aromatic carbocycles. The third kappa shape index (κ3) is 14.0. The average Bonchev–Trinajstić information content (AvgIpc) is 1.59. The summed E-state index contributed by atoms with van der Waals surface area (Å²) in [6.45, 7) is 0. The Morgan fingerprint density at radius 1 is 0.135 bits per heavy atom. The van der Waals surface area contributed by atoms with Crippen molar-refractivity contribution in [1.82, 2.24) is 27.8 Å². The van der Waals surface area contributed by atoms with Gasteiger partial charge in [-0.05, 0) is 199 Å². The fourth-order valence-corrected chi connectivity index (χ4v) is 22.9. The average molecular weight is 1900 g/mol. The zero-order valence-electron chi connectivity index (χ0n) is 79.9. The van der Waals surface area contributed by atoms with Gasteiger partial charge in [0.05, 0.1) is 77.3 Å². The van der Waals surface area contributed by atoms with Gasteiger partial charge in [-0.25, -0.2) is 4.98 Å². The molecule has 0 saturated carbocycles. The third-order valence-corrected chi connectivity index (χ3v) is 29.4. The molecule has 694 valence electrons. The largest absolute Gasteiger partial charge is 0.456 e. The van der Waals surface area contributed by atoms with E-state index < -0.39 is 0 Å². The van der Waals surface area contributed by atoms with Crippen LogP contribution in [-0.4, -0.2) is 27.8 Å². The van der Waals surface area contributed by atoms with E-state index >= 15 is 0 Å². The molecule has 11 heteroatoms. The van der Waals surface area contributed by atoms with Crippen LogP contribution in [0.3, 0.4) is 0 Å². The van der Waals surface area contributed by atoms with Gasteiger partial charge in [-0.3, -0.25) is 0 Å². The second-order valence-corrected chi connectivity index (χ2v) is 37.7. The van der Waals surface area contributed by atoms with E-state index in [0.29, 0.717) is 0 Å². The molecule has 0 aliphatic heterocycles. The van der Waals surface area contributed by atoms with E-state index in [0.717, 1.165) is 128 Å². The molecule has 0 atom stereocenters. The first-order valence-corrected chi connectivity index (χ1v) is 50.1. The number of hydrogen-bond acceptors (Lipinski definition) is 6. The highest BCUT2D eigenvalue weighted by Crippen LogP contribution is 2.48. The van der Waals surface area contributed by atoms with Crippen molar-refractivity contribution in [3.05, 3.63) is 522 Å². The van der Waals surface area contributed by atoms with Crippen LogP contribution in [0, 0.1) is 0 Å². The third-order valence-electron chi connectivity index (χ3n) is 29.4. The molecule has 0 unspecified atom stereocenters. The molecule has 33 rings (SSSR count). The van der Waals surface area contributed by atoms with Gasteiger partial charge in [-0.2, -0.15) is 0 Å². The summed E-state index contributed by atoms with van der Waals surface area (Å²) in [6, 6.07) is 182. The molecule has 0 fully saturated rings. The standard InChI is InChI=1S/C41H26N2O.4C24H15NO/c1-3-11-28(12-4-1)36-23-30(24-37(42-36)29-13-5-2-6-14-29)27-19-21-31(22-20-27)43-38-17-9-7-15-32(38)34-26-41-35(25-39(34)43)33-16-8-10-18-40(33)44-41;1-2-8-16(9-3-1)25-20-12-6-4-11-19(20)23-21(25)15-14-18-17-10-5-7-13-22(17)26-24(18)23;1-2-8-16(9-3-1)25-21-12-6-4-10-17(21)19-14-20-18-11-5-7-13-23(18)26-24(20)15-22(19)25;1-2-8-16(9-3-1)25-20-12-6-4-10-17(20)18-14-15-22-23(24(18)25)19-11-5-7-13-21(19)26-22;1-2-8-16(9-3-1)25-19-12-6-4-10-17(19)23-20(25)14-15-22-24(23)18-11-5-7-13-21(18)26-22/h1-26H;4*1-15H. The Morgan fingerprint density at radius 3 is 0.959 bits per heavy atom. The molecule has 33 aromatic rings. The van der Waals surface area contributed by atoms with Crippen LogP contribution in [-0.2, 0) is 0 Å². The van der Waals surface area contributed by atoms with Crippen LogP contribution in [0.25, 0.3) is 281 Å². The topological polar surface area (TPSA) is 103 Å². The molecule has 0 radical (unpaired) electrons. The lowest BCUT2D eigenvalue weighted by atomic mass is 10.00. The lowest BCUT2D eigenvalue weighted by Gasteiger charge is -2.12. The van der Waals surface area contributed by atoms with Gasteiger partial charge >= 0.3 is 0 Å². The molecule has 0 bridgehead atoms. The Balaban J connectivity index is 0.0000000890. The Hall–Kier alpha value is -20.0. The fourth-order valence-electron chi connectivity index (χ4n) is 22.9. The van der Waals surface area contributed by atoms with Crippen LogP contribution >= 0.6 is 0 Å². The molecule has 0 aliphatic carbocycles. The molecule has 0 amide bonds. The van der Waals surface area contributed by atoms with Crippen molar-refractivity contribution in [2.24, 2.45) is 0 Å². The van der Waals surface area contributed by atoms with Crippen LogP contribution in [0.1, 0.15) is 0 Å². The predicted octanol–water partition coefficient (Wildman–Crippen LogP) is 37.8. The van der Waals surface area contributed by atoms with E-state index in [1.807, 2.05) is 72.8 Å². The lowest BCUT2D eigenvalue weighted by molar-refractivity contribution is 0.669. The smallest absolute Gasteiger partial charge is 0.145 e. The van der Waals surface area contributed by atoms with E-state index in [2.05, 4.69) is 472 Å². The monoisotopic (exact) mass is 1890 g/mol. The van der Waals surface area contributed by atoms with Crippen molar-refractivity contribution < 1.29 is 22.1 Å². The van der Waals surface area contributed by atoms with Gasteiger partial charge < -0.3 is 44.9 Å². The molecule has 0 N–H and O–H groups in total. The van der Waals surface area contributed by atoms with E-state index in [1.54, 1.807) is 0 Å². The number of furan rings is 5. The van der Waals surface area contributed by atoms with Crippen molar-refractivity contribution in [1.29, 1.82) is 0 Å². The summed E-state index contributed by atoms with van der Waals surface area (Å²) in [5, 5.41) is 24.0. The van der Waals surface area contributed by atoms with Crippen LogP contribution in [0.15, 0.2) is 544 Å². The molecule has 0 aliphatic rings. The minimum absolute atomic E-state index is 0.914. The van der Waals surface area contributed by atoms with E-state index in [4.69, 9.17) is 27.1 Å². The number of fused-ring (bicyclic) bond motifs is 33. The van der Waals surface area contributed by atoms with Gasteiger partial charge in [0.1, 0.15) is 55.8 Å². The van der Waals surface area contributed by atoms with Crippen LogP contribution in [0.2, 0.25) is 0 Å². The van der Waals surface area contributed by atoms with E-state index in [9.17, 15) is 0 Å². The van der Waals surface area contributed by atoms with Gasteiger partial charge in [-0.1, -0.05) is 328 Å². The number of aromatic nitrogens is 6. The Labute approximate surface area is 846 Å². The zero-order valence-corrected chi connectivity index (χ0v) is 79.9. The maximum Gasteiger partial charge on any atom is 0.145 e. The molecular weight excluding hydrogens is 1810 g/mol. The predicted molar refractivity (Wildman–Crippen MR) is 614 cm³/mol. The number of hydrogen-bond donors (Lipinski definition) is 0. The highest BCUT2D eigenvalue weighted by atomic mass is 16.3. The molecule has 148 heavy (non-hydrogen) atoms. The van der Waals surface area contributed by atoms with Crippen molar-refractivity contribution in [2.45, 2.75) is 0 Å². The number of benzene rings is 22. The number of rotatable bonds is 8. The van der Waals surface area contributed by atoms with Crippen LogP contribution in [0.5, 0.6) is 0 Å². The van der Waals surface area contributed by atoms with Crippen molar-refractivity contribution in [2.75, 3.05) is 0 Å². The number of pyridine rings is 1. The normalized spacial score (nSPS) is 11.8. The second kappa shape index (κ2) is 35.0. The SMILES string of the molecule is c1ccc(-c2cc(-c3ccc(-n4c5ccccc5c5cc6oc7ccccc7c6cc54)cc3)cc(-c3ccccc3)n2)cc1.c1ccc(-n2c3ccccc3c3c4c(ccc32)oc2ccccc24)cc1.c1ccc(-n2c3ccccc3c3c4oc5ccccc5c4ccc32)cc1.c1ccc(-n2c3ccccc3c3cc4c(cc32)oc2ccccc24)cc1.c1ccc(-n2c3ccccc3c3ccc4oc5ccccc5c4c32)cc1. The first-order valence-electron chi connectivity index (χ1n) is 50.1. The maximum absolute atomic E-state index is 6.31. The highest BCUT2D eigenvalue weighted by Gasteiger charge is 2.26. The summed E-state index contributed by atoms with van der Waals surface area (Å²) in [7, 11) is 0. The van der Waals surface area contributed by atoms with Crippen molar-refractivity contribution in [3.63, 3.8) is 0 Å². The zero-order chi connectivity index (χ0) is 97.4. The Kier molecular flexibility index (Phi) is 20.1. The van der Waals surface area contributed by atoms with Gasteiger partial charge in [-0.15, -0.1) is 0 Å². The van der Waals surface area contributed by atoms with Gasteiger partial charge in [0.25, 0.3) is 0 Å². The highest BCUT2D eigenvalue weighted by molar-refractivity contribution is 6.29. The molecule has 0 saturated heterocycles. The molecule has 11 aromatic heterocycles. The summed E-state index contributed by atoms with van der Waals surface area (Å²) in [4.78, 5) is 5.06. The van der Waals surface area contributed by atoms with Gasteiger partial charge in [0, 0.05) is 143 Å². The summed E-state index contributed by atoms with van der Waals surface area (Å²) in [5.74, 6) is 0. The van der Waals surface area contributed by atoms with Crippen LogP contribution in [0.4, 0.5) is 0 Å². The Morgan fingerprint density at radius 2 is 0.453 bits per heavy atom. The number of para-hydroxylation sites is 14. The molecule has 11 nitrogen and oxygen atoms in total. The maximum atomic E-state index is 6.31. The Bertz CT molecular complexity index is 10900. The van der Waals surface area contributed by atoms with E-state index in [1.165, 1.54) is 152 Å². The van der Waals surface area contributed by atoms with E-state index in [-0.39, 0.29) is 0 Å². The van der Waals surface area contributed by atoms with Gasteiger partial charge in [0.15, 0.2) is 0 Å². The quantitative estimate of drug-likeness (QED) is 0.150. The summed E-state index contributed by atoms with van der Waals surface area (Å²) in [6.07, 6.45) is 0.